The Labute approximate surface area is 243 Å². The molecule has 0 saturated heterocycles. The van der Waals surface area contributed by atoms with Crippen LogP contribution in [-0.2, 0) is 0 Å². The molecule has 1 fully saturated rings. The van der Waals surface area contributed by atoms with E-state index < -0.39 is 5.69 Å². The van der Waals surface area contributed by atoms with E-state index in [1.54, 1.807) is 10.8 Å². The SMILES string of the molecule is Cc1cc(Oc2ccccc2)ccc1-n1c(=O)nc2c(=C(O)CC3CCC(O)CC3)sc3nccc1c32.S.S. The number of ether oxygens (including phenoxy) is 1. The van der Waals surface area contributed by atoms with Crippen LogP contribution in [0.15, 0.2) is 65.6 Å². The highest BCUT2D eigenvalue weighted by molar-refractivity contribution is 7.59. The van der Waals surface area contributed by atoms with Gasteiger partial charge in [0.05, 0.1) is 27.2 Å². The summed E-state index contributed by atoms with van der Waals surface area (Å²) in [6.45, 7) is 1.94. The minimum absolute atomic E-state index is 0. The summed E-state index contributed by atoms with van der Waals surface area (Å²) in [5.41, 5.74) is 2.38. The maximum Gasteiger partial charge on any atom is 0.353 e. The van der Waals surface area contributed by atoms with Crippen molar-refractivity contribution in [3.8, 4) is 17.2 Å². The standard InChI is InChI=1S/C29H27N3O4S.2H2S/c1-17-15-21(36-20-5-3-2-4-6-20)11-12-22(17)32-23-13-14-30-28-25(23)26(31-29(32)35)27(37-28)24(34)16-18-7-9-19(33)10-8-18;;/h2-6,11-15,18-19,33-34H,7-10,16H2,1H3;2*1H2. The first-order valence-corrected chi connectivity index (χ1v) is 13.3. The molecule has 1 aliphatic carbocycles. The van der Waals surface area contributed by atoms with E-state index in [9.17, 15) is 15.0 Å². The van der Waals surface area contributed by atoms with Gasteiger partial charge in [-0.05, 0) is 80.5 Å². The minimum atomic E-state index is -0.409. The predicted octanol–water partition coefficient (Wildman–Crippen LogP) is 5.65. The van der Waals surface area contributed by atoms with Crippen molar-refractivity contribution in [3.63, 3.8) is 0 Å². The highest BCUT2D eigenvalue weighted by Gasteiger charge is 2.23. The first-order chi connectivity index (χ1) is 18.0. The summed E-state index contributed by atoms with van der Waals surface area (Å²) in [5.74, 6) is 1.98. The Kier molecular flexibility index (Phi) is 8.90. The second-order valence-corrected chi connectivity index (χ2v) is 10.7. The third-order valence-electron chi connectivity index (χ3n) is 7.13. The Bertz CT molecular complexity index is 1710. The molecule has 3 heterocycles. The molecule has 6 rings (SSSR count). The van der Waals surface area contributed by atoms with Gasteiger partial charge >= 0.3 is 5.69 Å². The molecule has 0 aliphatic heterocycles. The van der Waals surface area contributed by atoms with E-state index in [4.69, 9.17) is 4.74 Å². The molecule has 7 nitrogen and oxygen atoms in total. The number of hydrogen-bond acceptors (Lipinski definition) is 7. The van der Waals surface area contributed by atoms with Crippen LogP contribution in [0.1, 0.15) is 37.7 Å². The molecule has 204 valence electrons. The molecule has 39 heavy (non-hydrogen) atoms. The number of hydrogen-bond donors (Lipinski definition) is 2. The van der Waals surface area contributed by atoms with Crippen molar-refractivity contribution >= 4 is 65.3 Å². The average molecular weight is 582 g/mol. The quantitative estimate of drug-likeness (QED) is 0.279. The summed E-state index contributed by atoms with van der Waals surface area (Å²) in [6, 6.07) is 17.0. The molecular formula is C29H31N3O4S3. The Balaban J connectivity index is 0.00000176. The molecule has 0 unspecified atom stereocenters. The molecule has 1 aliphatic rings. The van der Waals surface area contributed by atoms with E-state index in [1.807, 2.05) is 61.5 Å². The molecule has 0 atom stereocenters. The van der Waals surface area contributed by atoms with Crippen LogP contribution >= 0.6 is 38.3 Å². The lowest BCUT2D eigenvalue weighted by Gasteiger charge is -2.24. The lowest BCUT2D eigenvalue weighted by molar-refractivity contribution is 0.108. The molecule has 2 aromatic carbocycles. The van der Waals surface area contributed by atoms with Gasteiger partial charge < -0.3 is 14.9 Å². The van der Waals surface area contributed by atoms with Gasteiger partial charge in [0, 0.05) is 12.6 Å². The molecule has 5 aromatic rings. The summed E-state index contributed by atoms with van der Waals surface area (Å²) in [5, 5.41) is 21.6. The van der Waals surface area contributed by atoms with Crippen LogP contribution in [0, 0.1) is 12.8 Å². The van der Waals surface area contributed by atoms with E-state index in [2.05, 4.69) is 9.97 Å². The zero-order chi connectivity index (χ0) is 25.5. The number of aliphatic hydroxyl groups is 2. The molecule has 0 bridgehead atoms. The van der Waals surface area contributed by atoms with Crippen LogP contribution < -0.4 is 15.0 Å². The van der Waals surface area contributed by atoms with Crippen molar-refractivity contribution in [2.45, 2.75) is 45.1 Å². The molecule has 1 saturated carbocycles. The number of aromatic nitrogens is 3. The van der Waals surface area contributed by atoms with Crippen molar-refractivity contribution in [1.82, 2.24) is 14.5 Å². The molecule has 2 N–H and O–H groups in total. The number of para-hydroxylation sites is 1. The van der Waals surface area contributed by atoms with Crippen LogP contribution in [0.4, 0.5) is 0 Å². The van der Waals surface area contributed by atoms with Crippen molar-refractivity contribution in [2.75, 3.05) is 0 Å². The van der Waals surface area contributed by atoms with E-state index in [1.165, 1.54) is 11.3 Å². The average Bonchev–Trinajstić information content (AvgIpc) is 3.27. The maximum absolute atomic E-state index is 13.4. The van der Waals surface area contributed by atoms with Crippen molar-refractivity contribution in [2.24, 2.45) is 5.92 Å². The van der Waals surface area contributed by atoms with Gasteiger partial charge in [0.25, 0.3) is 0 Å². The van der Waals surface area contributed by atoms with Gasteiger partial charge in [-0.1, -0.05) is 18.2 Å². The second kappa shape index (κ2) is 12.0. The first kappa shape index (κ1) is 28.9. The first-order valence-electron chi connectivity index (χ1n) is 12.5. The Morgan fingerprint density at radius 3 is 2.51 bits per heavy atom. The maximum atomic E-state index is 13.4. The van der Waals surface area contributed by atoms with Crippen LogP contribution in [0.3, 0.4) is 0 Å². The minimum Gasteiger partial charge on any atom is -0.511 e. The smallest absolute Gasteiger partial charge is 0.353 e. The Morgan fingerprint density at radius 2 is 1.79 bits per heavy atom. The van der Waals surface area contributed by atoms with Crippen molar-refractivity contribution in [3.05, 3.63) is 81.4 Å². The summed E-state index contributed by atoms with van der Waals surface area (Å²) >= 11 is 1.37. The van der Waals surface area contributed by atoms with Crippen molar-refractivity contribution in [1.29, 1.82) is 0 Å². The van der Waals surface area contributed by atoms with Crippen LogP contribution in [0.5, 0.6) is 11.5 Å². The normalized spacial score (nSPS) is 17.9. The summed E-state index contributed by atoms with van der Waals surface area (Å²) in [7, 11) is 0. The lowest BCUT2D eigenvalue weighted by atomic mass is 9.85. The molecule has 0 spiro atoms. The zero-order valence-electron chi connectivity index (χ0n) is 21.4. The summed E-state index contributed by atoms with van der Waals surface area (Å²) in [4.78, 5) is 23.1. The lowest BCUT2D eigenvalue weighted by Crippen LogP contribution is -2.24. The van der Waals surface area contributed by atoms with Gasteiger partial charge in [-0.25, -0.2) is 9.78 Å². The van der Waals surface area contributed by atoms with Gasteiger partial charge in [-0.2, -0.15) is 32.0 Å². The number of aryl methyl sites for hydroxylation is 1. The highest BCUT2D eigenvalue weighted by Crippen LogP contribution is 2.32. The van der Waals surface area contributed by atoms with Crippen molar-refractivity contribution < 1.29 is 14.9 Å². The number of thiophene rings is 1. The van der Waals surface area contributed by atoms with Crippen LogP contribution in [0.25, 0.3) is 32.7 Å². The van der Waals surface area contributed by atoms with Gasteiger partial charge in [-0.3, -0.25) is 4.57 Å². The number of benzene rings is 2. The second-order valence-electron chi connectivity index (χ2n) is 9.71. The molecular weight excluding hydrogens is 551 g/mol. The summed E-state index contributed by atoms with van der Waals surface area (Å²) in [6.07, 6.45) is 5.23. The van der Waals surface area contributed by atoms with E-state index in [0.29, 0.717) is 39.3 Å². The summed E-state index contributed by atoms with van der Waals surface area (Å²) < 4.78 is 8.18. The van der Waals surface area contributed by atoms with E-state index >= 15 is 0 Å². The zero-order valence-corrected chi connectivity index (χ0v) is 24.2. The predicted molar refractivity (Wildman–Crippen MR) is 166 cm³/mol. The van der Waals surface area contributed by atoms with E-state index in [-0.39, 0.29) is 38.9 Å². The van der Waals surface area contributed by atoms with Gasteiger partial charge in [0.15, 0.2) is 0 Å². The number of rotatable bonds is 5. The third-order valence-corrected chi connectivity index (χ3v) is 8.27. The van der Waals surface area contributed by atoms with Gasteiger partial charge in [0.1, 0.15) is 27.6 Å². The van der Waals surface area contributed by atoms with Crippen LogP contribution in [0.2, 0.25) is 0 Å². The number of pyridine rings is 1. The van der Waals surface area contributed by atoms with Crippen LogP contribution in [-0.4, -0.2) is 30.9 Å². The number of aliphatic hydroxyl groups excluding tert-OH is 2. The van der Waals surface area contributed by atoms with E-state index in [0.717, 1.165) is 47.2 Å². The van der Waals surface area contributed by atoms with Gasteiger partial charge in [0.2, 0.25) is 0 Å². The fraction of sp³-hybridized carbons (Fsp3) is 0.276. The fourth-order valence-corrected chi connectivity index (χ4v) is 6.30. The Morgan fingerprint density at radius 1 is 1.05 bits per heavy atom. The monoisotopic (exact) mass is 581 g/mol. The molecule has 0 amide bonds. The molecule has 0 radical (unpaired) electrons. The molecule has 10 heteroatoms. The Hall–Kier alpha value is -3.05. The van der Waals surface area contributed by atoms with Gasteiger partial charge in [-0.15, -0.1) is 11.3 Å². The fourth-order valence-electron chi connectivity index (χ4n) is 5.24. The molecule has 3 aromatic heterocycles. The highest BCUT2D eigenvalue weighted by atomic mass is 32.1. The topological polar surface area (TPSA) is 97.5 Å². The number of nitrogens with zero attached hydrogens (tertiary/aromatic N) is 3. The largest absolute Gasteiger partial charge is 0.511 e. The third kappa shape index (κ3) is 5.65.